The maximum atomic E-state index is 13.2. The average Bonchev–Trinajstić information content (AvgIpc) is 3.57. The maximum Gasteiger partial charge on any atom is 0.296 e. The van der Waals surface area contributed by atoms with Gasteiger partial charge in [0.15, 0.2) is 0 Å². The molecule has 1 saturated carbocycles. The summed E-state index contributed by atoms with van der Waals surface area (Å²) >= 11 is 7.30. The van der Waals surface area contributed by atoms with Crippen molar-refractivity contribution in [1.29, 1.82) is 0 Å². The lowest BCUT2D eigenvalue weighted by molar-refractivity contribution is 0.00768. The van der Waals surface area contributed by atoms with Gasteiger partial charge in [0.25, 0.3) is 11.1 Å². The zero-order valence-electron chi connectivity index (χ0n) is 18.8. The van der Waals surface area contributed by atoms with Crippen LogP contribution in [0.3, 0.4) is 0 Å². The van der Waals surface area contributed by atoms with Crippen molar-refractivity contribution < 1.29 is 19.0 Å². The molecular weight excluding hydrogens is 478 g/mol. The molecule has 1 aliphatic heterocycles. The van der Waals surface area contributed by atoms with E-state index in [1.54, 1.807) is 12.1 Å². The summed E-state index contributed by atoms with van der Waals surface area (Å²) in [4.78, 5) is 21.5. The molecule has 2 fully saturated rings. The second-order valence-corrected chi connectivity index (χ2v) is 9.88. The number of nitrogens with zero attached hydrogens (tertiary/aromatic N) is 4. The van der Waals surface area contributed by atoms with Crippen LogP contribution in [0.2, 0.25) is 5.15 Å². The smallest absolute Gasteiger partial charge is 0.296 e. The molecule has 11 heteroatoms. The molecule has 34 heavy (non-hydrogen) atoms. The van der Waals surface area contributed by atoms with E-state index >= 15 is 0 Å². The first-order chi connectivity index (χ1) is 16.4. The summed E-state index contributed by atoms with van der Waals surface area (Å²) in [6.45, 7) is 2.40. The van der Waals surface area contributed by atoms with Crippen molar-refractivity contribution in [3.63, 3.8) is 0 Å². The normalized spacial score (nSPS) is 18.9. The first-order valence-electron chi connectivity index (χ1n) is 11.1. The first-order valence-corrected chi connectivity index (χ1v) is 12.3. The predicted molar refractivity (Wildman–Crippen MR) is 128 cm³/mol. The Balaban J connectivity index is 1.32. The Morgan fingerprint density at radius 1 is 1.21 bits per heavy atom. The number of carbonyl (C=O) groups excluding carboxylic acids is 1. The molecular formula is C23H24ClN5O4S. The van der Waals surface area contributed by atoms with Gasteiger partial charge in [0.2, 0.25) is 5.13 Å². The minimum absolute atomic E-state index is 0.0296. The zero-order chi connectivity index (χ0) is 23.7. The van der Waals surface area contributed by atoms with E-state index in [-0.39, 0.29) is 22.8 Å². The van der Waals surface area contributed by atoms with Crippen LogP contribution < -0.4 is 14.8 Å². The Morgan fingerprint density at radius 2 is 2.03 bits per heavy atom. The van der Waals surface area contributed by atoms with E-state index in [0.717, 1.165) is 25.0 Å². The van der Waals surface area contributed by atoms with Crippen LogP contribution in [0.1, 0.15) is 48.2 Å². The van der Waals surface area contributed by atoms with Crippen LogP contribution in [0.25, 0.3) is 11.1 Å². The highest BCUT2D eigenvalue weighted by molar-refractivity contribution is 7.17. The van der Waals surface area contributed by atoms with Gasteiger partial charge < -0.3 is 14.2 Å². The van der Waals surface area contributed by atoms with Crippen molar-refractivity contribution in [3.05, 3.63) is 40.9 Å². The van der Waals surface area contributed by atoms with Crippen molar-refractivity contribution in [2.24, 2.45) is 0 Å². The van der Waals surface area contributed by atoms with E-state index in [4.69, 9.17) is 25.8 Å². The summed E-state index contributed by atoms with van der Waals surface area (Å²) in [5.74, 6) is 0.115. The summed E-state index contributed by atoms with van der Waals surface area (Å²) in [5, 5.41) is 12.0. The van der Waals surface area contributed by atoms with Gasteiger partial charge in [-0.05, 0) is 43.2 Å². The average molecular weight is 502 g/mol. The van der Waals surface area contributed by atoms with E-state index < -0.39 is 0 Å². The molecule has 3 aromatic heterocycles. The third-order valence-corrected chi connectivity index (χ3v) is 7.15. The minimum atomic E-state index is -0.380. The number of hydrogen-bond acceptors (Lipinski definition) is 9. The van der Waals surface area contributed by atoms with E-state index in [2.05, 4.69) is 25.5 Å². The number of nitrogens with one attached hydrogen (secondary N) is 1. The molecule has 178 valence electrons. The van der Waals surface area contributed by atoms with Crippen molar-refractivity contribution in [2.45, 2.75) is 50.7 Å². The number of halogens is 1. The number of carbonyl (C=O) groups is 1. The Labute approximate surface area is 205 Å². The summed E-state index contributed by atoms with van der Waals surface area (Å²) in [6, 6.07) is 3.46. The third kappa shape index (κ3) is 4.70. The topological polar surface area (TPSA) is 108 Å². The zero-order valence-corrected chi connectivity index (χ0v) is 20.4. The van der Waals surface area contributed by atoms with Gasteiger partial charge >= 0.3 is 0 Å². The Morgan fingerprint density at radius 3 is 2.82 bits per heavy atom. The summed E-state index contributed by atoms with van der Waals surface area (Å²) in [7, 11) is 1.54. The Bertz CT molecular complexity index is 1210. The van der Waals surface area contributed by atoms with Crippen molar-refractivity contribution >= 4 is 34.0 Å². The number of amides is 1. The number of rotatable bonds is 6. The van der Waals surface area contributed by atoms with Gasteiger partial charge in [-0.15, -0.1) is 5.10 Å². The quantitative estimate of drug-likeness (QED) is 0.484. The number of methoxy groups -OCH3 is 1. The largest absolute Gasteiger partial charge is 0.494 e. The second-order valence-electron chi connectivity index (χ2n) is 8.55. The van der Waals surface area contributed by atoms with Crippen molar-refractivity contribution in [1.82, 2.24) is 20.2 Å². The van der Waals surface area contributed by atoms with Gasteiger partial charge in [0.05, 0.1) is 31.1 Å². The van der Waals surface area contributed by atoms with Gasteiger partial charge in [-0.25, -0.2) is 4.98 Å². The number of hydrogen-bond donors (Lipinski definition) is 1. The third-order valence-electron chi connectivity index (χ3n) is 6.21. The van der Waals surface area contributed by atoms with Crippen LogP contribution >= 0.6 is 22.9 Å². The van der Waals surface area contributed by atoms with E-state index in [1.165, 1.54) is 43.7 Å². The van der Waals surface area contributed by atoms with Gasteiger partial charge in [0.1, 0.15) is 17.0 Å². The van der Waals surface area contributed by atoms with Crippen LogP contribution in [0.5, 0.6) is 10.9 Å². The maximum absolute atomic E-state index is 13.2. The fourth-order valence-electron chi connectivity index (χ4n) is 4.61. The predicted octanol–water partition coefficient (Wildman–Crippen LogP) is 4.70. The molecule has 5 rings (SSSR count). The number of ether oxygens (including phenoxy) is 3. The first kappa shape index (κ1) is 22.9. The van der Waals surface area contributed by atoms with Crippen LogP contribution in [0, 0.1) is 6.92 Å². The monoisotopic (exact) mass is 501 g/mol. The summed E-state index contributed by atoms with van der Waals surface area (Å²) < 4.78 is 17.5. The van der Waals surface area contributed by atoms with Crippen LogP contribution in [-0.4, -0.2) is 51.5 Å². The molecule has 2 aliphatic rings. The summed E-state index contributed by atoms with van der Waals surface area (Å²) in [6.07, 6.45) is 8.43. The Kier molecular flexibility index (Phi) is 6.37. The molecule has 4 heterocycles. The molecule has 9 nitrogen and oxygen atoms in total. The van der Waals surface area contributed by atoms with Crippen LogP contribution in [0.15, 0.2) is 24.5 Å². The van der Waals surface area contributed by atoms with Gasteiger partial charge in [-0.3, -0.25) is 15.1 Å². The van der Waals surface area contributed by atoms with Gasteiger partial charge in [0, 0.05) is 29.4 Å². The van der Waals surface area contributed by atoms with E-state index in [0.29, 0.717) is 39.4 Å². The molecule has 1 N–H and O–H groups in total. The van der Waals surface area contributed by atoms with Gasteiger partial charge in [-0.1, -0.05) is 29.5 Å². The molecule has 0 aromatic carbocycles. The number of aryl methyl sites for hydroxylation is 1. The fourth-order valence-corrected chi connectivity index (χ4v) is 5.43. The van der Waals surface area contributed by atoms with Crippen LogP contribution in [-0.2, 0) is 4.74 Å². The Hall–Kier alpha value is -2.82. The molecule has 0 radical (unpaired) electrons. The molecule has 1 spiro atoms. The fraction of sp³-hybridized carbons (Fsp3) is 0.435. The lowest BCUT2D eigenvalue weighted by Gasteiger charge is -2.20. The number of pyridine rings is 2. The number of aromatic nitrogens is 4. The SMILES string of the molecule is COc1cnc(Cl)cc1-c1cc(C)ncc1C(=O)Nc1nnc(O[C@@H]2COC3(CCCC3)C2)s1. The molecule has 1 aliphatic carbocycles. The highest BCUT2D eigenvalue weighted by atomic mass is 35.5. The minimum Gasteiger partial charge on any atom is -0.494 e. The molecule has 0 unspecified atom stereocenters. The molecule has 0 bridgehead atoms. The van der Waals surface area contributed by atoms with Gasteiger partial charge in [-0.2, -0.15) is 0 Å². The molecule has 1 amide bonds. The van der Waals surface area contributed by atoms with Crippen LogP contribution in [0.4, 0.5) is 5.13 Å². The standard InChI is InChI=1S/C23H24ClN5O4S/c1-13-7-15(16-8-19(24)26-11-18(16)31-2)17(10-25-13)20(30)27-21-28-29-22(34-21)33-14-9-23(32-12-14)5-3-4-6-23/h7-8,10-11,14H,3-6,9,12H2,1-2H3,(H,27,28,30)/t14-/m0/s1. The molecule has 3 aromatic rings. The number of anilines is 1. The molecule has 1 saturated heterocycles. The lowest BCUT2D eigenvalue weighted by atomic mass is 9.97. The molecule has 1 atom stereocenters. The summed E-state index contributed by atoms with van der Waals surface area (Å²) in [5.41, 5.74) is 2.32. The van der Waals surface area contributed by atoms with E-state index in [1.807, 2.05) is 6.92 Å². The lowest BCUT2D eigenvalue weighted by Crippen LogP contribution is -2.24. The highest BCUT2D eigenvalue weighted by Crippen LogP contribution is 2.42. The van der Waals surface area contributed by atoms with Crippen molar-refractivity contribution in [2.75, 3.05) is 19.0 Å². The van der Waals surface area contributed by atoms with Crippen molar-refractivity contribution in [3.8, 4) is 22.1 Å². The van der Waals surface area contributed by atoms with E-state index in [9.17, 15) is 4.79 Å². The highest BCUT2D eigenvalue weighted by Gasteiger charge is 2.43. The second kappa shape index (κ2) is 9.44.